The Kier molecular flexibility index (Phi) is 10.0. The van der Waals surface area contributed by atoms with E-state index in [4.69, 9.17) is 0 Å². The van der Waals surface area contributed by atoms with Crippen LogP contribution in [0.4, 0.5) is 0 Å². The summed E-state index contributed by atoms with van der Waals surface area (Å²) in [6, 6.07) is 35.0. The van der Waals surface area contributed by atoms with Crippen LogP contribution in [0.15, 0.2) is 115 Å². The van der Waals surface area contributed by atoms with Gasteiger partial charge in [-0.15, -0.1) is 0 Å². The molecule has 0 radical (unpaired) electrons. The van der Waals surface area contributed by atoms with Crippen molar-refractivity contribution in [1.29, 1.82) is 0 Å². The molecule has 2 heteroatoms. The minimum atomic E-state index is -2.12. The summed E-state index contributed by atoms with van der Waals surface area (Å²) < 4.78 is 0. The van der Waals surface area contributed by atoms with Crippen molar-refractivity contribution in [3.8, 4) is 0 Å². The van der Waals surface area contributed by atoms with Crippen LogP contribution in [0.3, 0.4) is 0 Å². The molecular weight excluding hydrogens is 578 g/mol. The molecule has 0 N–H and O–H groups in total. The standard InChI is InChI=1S/C43H55P2/c1-35(44(36-21-8-2-9-22-36,37-23-10-3-11-24-37)38-25-12-4-13-26-38)42-33-20-34-43(42)45(39-27-14-5-15-28-39,40-29-16-6-17-30-40)41-31-18-7-19-32-41/h5-7,14-20,27-38H,2-4,8-13,21-26H2,1H3/q+1/t35-/m1/s1. The maximum Gasteiger partial charge on any atom is 0.0931 e. The van der Waals surface area contributed by atoms with Crippen LogP contribution in [-0.2, 0) is 0 Å². The van der Waals surface area contributed by atoms with Gasteiger partial charge < -0.3 is 0 Å². The molecule has 4 aliphatic rings. The maximum atomic E-state index is 2.79. The van der Waals surface area contributed by atoms with E-state index >= 15 is 0 Å². The number of rotatable bonds is 8. The van der Waals surface area contributed by atoms with Crippen LogP contribution >= 0.6 is 14.1 Å². The minimum absolute atomic E-state index is 0.673. The van der Waals surface area contributed by atoms with E-state index in [9.17, 15) is 0 Å². The third-order valence-electron chi connectivity index (χ3n) is 12.4. The van der Waals surface area contributed by atoms with Crippen molar-refractivity contribution in [1.82, 2.24) is 0 Å². The molecule has 1 atom stereocenters. The lowest BCUT2D eigenvalue weighted by Crippen LogP contribution is -2.42. The Balaban J connectivity index is 1.50. The van der Waals surface area contributed by atoms with Crippen LogP contribution in [-0.4, -0.2) is 27.9 Å². The van der Waals surface area contributed by atoms with Crippen LogP contribution in [0.5, 0.6) is 0 Å². The second-order valence-electron chi connectivity index (χ2n) is 14.5. The fourth-order valence-corrected chi connectivity index (χ4v) is 23.4. The van der Waals surface area contributed by atoms with E-state index in [2.05, 4.69) is 116 Å². The summed E-state index contributed by atoms with van der Waals surface area (Å²) in [6.07, 6.45) is 30.0. The summed E-state index contributed by atoms with van der Waals surface area (Å²) in [5.74, 6) is 0. The van der Waals surface area contributed by atoms with Crippen molar-refractivity contribution < 1.29 is 0 Å². The molecule has 236 valence electrons. The van der Waals surface area contributed by atoms with Gasteiger partial charge in [0.1, 0.15) is 0 Å². The Hall–Kier alpha value is -2.13. The molecule has 3 fully saturated rings. The van der Waals surface area contributed by atoms with Crippen LogP contribution in [0.25, 0.3) is 0 Å². The minimum Gasteiger partial charge on any atom is -0.0622 e. The number of allylic oxidation sites excluding steroid dienone is 4. The van der Waals surface area contributed by atoms with Crippen LogP contribution in [0.2, 0.25) is 0 Å². The van der Waals surface area contributed by atoms with E-state index in [1.54, 1.807) is 10.9 Å². The van der Waals surface area contributed by atoms with Gasteiger partial charge in [-0.3, -0.25) is 0 Å². The van der Waals surface area contributed by atoms with Crippen molar-refractivity contribution in [3.05, 3.63) is 115 Å². The zero-order valence-corrected chi connectivity index (χ0v) is 29.5. The van der Waals surface area contributed by atoms with Crippen molar-refractivity contribution in [2.45, 2.75) is 126 Å². The highest BCUT2D eigenvalue weighted by Gasteiger charge is 2.61. The van der Waals surface area contributed by atoms with E-state index < -0.39 is 14.1 Å². The Morgan fingerprint density at radius 3 is 1.22 bits per heavy atom. The Morgan fingerprint density at radius 1 is 0.511 bits per heavy atom. The molecule has 0 unspecified atom stereocenters. The highest BCUT2D eigenvalue weighted by Crippen LogP contribution is 2.81. The van der Waals surface area contributed by atoms with Gasteiger partial charge in [-0.25, -0.2) is 0 Å². The molecule has 0 heterocycles. The molecule has 4 aliphatic carbocycles. The molecule has 0 amide bonds. The van der Waals surface area contributed by atoms with Crippen molar-refractivity contribution >= 4 is 35.4 Å². The van der Waals surface area contributed by atoms with Crippen LogP contribution < -0.4 is 15.9 Å². The van der Waals surface area contributed by atoms with Gasteiger partial charge in [-0.05, 0) is 112 Å². The van der Waals surface area contributed by atoms with Gasteiger partial charge >= 0.3 is 0 Å². The van der Waals surface area contributed by atoms with Gasteiger partial charge in [0, 0.05) is 12.8 Å². The summed E-state index contributed by atoms with van der Waals surface area (Å²) in [6.45, 7) is 0.670. The van der Waals surface area contributed by atoms with Gasteiger partial charge in [0.15, 0.2) is 0 Å². The molecule has 3 aromatic rings. The summed E-state index contributed by atoms with van der Waals surface area (Å²) in [5.41, 5.74) is 5.34. The Bertz CT molecular complexity index is 1350. The lowest BCUT2D eigenvalue weighted by Gasteiger charge is -2.52. The molecule has 0 nitrogen and oxygen atoms in total. The Labute approximate surface area is 275 Å². The average Bonchev–Trinajstić information content (AvgIpc) is 3.62. The SMILES string of the molecule is C[C@H](C1=CC=CC1=P(c1ccccc1)(c1ccccc1)c1ccccc1)[P+](C1CCCCC1)(C1CCCCC1)C1CCCCC1. The first-order valence-corrected chi connectivity index (χ1v) is 22.3. The molecule has 0 aliphatic heterocycles. The molecule has 3 aromatic carbocycles. The second kappa shape index (κ2) is 14.3. The lowest BCUT2D eigenvalue weighted by molar-refractivity contribution is 0.448. The normalized spacial score (nSPS) is 21.5. The van der Waals surface area contributed by atoms with Crippen LogP contribution in [0, 0.1) is 0 Å². The van der Waals surface area contributed by atoms with E-state index in [0.29, 0.717) is 5.66 Å². The highest BCUT2D eigenvalue weighted by atomic mass is 31.2. The first-order chi connectivity index (χ1) is 22.3. The molecule has 7 rings (SSSR count). The van der Waals surface area contributed by atoms with Gasteiger partial charge in [0.25, 0.3) is 0 Å². The fraction of sp³-hybridized carbons (Fsp3) is 0.465. The lowest BCUT2D eigenvalue weighted by atomic mass is 9.98. The van der Waals surface area contributed by atoms with Crippen LogP contribution in [0.1, 0.15) is 103 Å². The van der Waals surface area contributed by atoms with Crippen molar-refractivity contribution in [3.63, 3.8) is 0 Å². The zero-order valence-electron chi connectivity index (χ0n) is 27.7. The predicted molar refractivity (Wildman–Crippen MR) is 204 cm³/mol. The molecular formula is C43H55P2+. The summed E-state index contributed by atoms with van der Waals surface area (Å²) in [4.78, 5) is 0. The van der Waals surface area contributed by atoms with E-state index in [-0.39, 0.29) is 0 Å². The molecule has 45 heavy (non-hydrogen) atoms. The molecule has 3 saturated carbocycles. The zero-order chi connectivity index (χ0) is 30.5. The third-order valence-corrected chi connectivity index (χ3v) is 23.7. The molecule has 0 spiro atoms. The average molecular weight is 634 g/mol. The fourth-order valence-electron chi connectivity index (χ4n) is 10.6. The van der Waals surface area contributed by atoms with Gasteiger partial charge in [-0.2, -0.15) is 0 Å². The van der Waals surface area contributed by atoms with Crippen molar-refractivity contribution in [2.75, 3.05) is 0 Å². The Morgan fingerprint density at radius 2 is 0.867 bits per heavy atom. The molecule has 0 saturated heterocycles. The van der Waals surface area contributed by atoms with E-state index in [0.717, 1.165) is 17.0 Å². The molecule has 0 aromatic heterocycles. The third kappa shape index (κ3) is 5.72. The first kappa shape index (κ1) is 31.5. The highest BCUT2D eigenvalue weighted by molar-refractivity contribution is 7.96. The maximum absolute atomic E-state index is 2.79. The second-order valence-corrected chi connectivity index (χ2v) is 22.6. The van der Waals surface area contributed by atoms with E-state index in [1.165, 1.54) is 112 Å². The summed E-state index contributed by atoms with van der Waals surface area (Å²) in [5, 5.41) is 6.15. The summed E-state index contributed by atoms with van der Waals surface area (Å²) >= 11 is 0. The topological polar surface area (TPSA) is 0 Å². The van der Waals surface area contributed by atoms with Crippen molar-refractivity contribution in [2.24, 2.45) is 0 Å². The summed E-state index contributed by atoms with van der Waals surface area (Å²) in [7, 11) is -1.36. The monoisotopic (exact) mass is 633 g/mol. The number of benzene rings is 3. The van der Waals surface area contributed by atoms with Gasteiger partial charge in [0.2, 0.25) is 0 Å². The predicted octanol–water partition coefficient (Wildman–Crippen LogP) is 11.1. The number of hydrogen-bond acceptors (Lipinski definition) is 0. The number of hydrogen-bond donors (Lipinski definition) is 0. The first-order valence-electron chi connectivity index (χ1n) is 18.5. The quantitative estimate of drug-likeness (QED) is 0.217. The van der Waals surface area contributed by atoms with E-state index in [1.807, 2.05) is 0 Å². The molecule has 0 bridgehead atoms. The largest absolute Gasteiger partial charge is 0.0931 e. The van der Waals surface area contributed by atoms with Gasteiger partial charge in [0.05, 0.1) is 22.6 Å². The smallest absolute Gasteiger partial charge is 0.0622 e. The van der Waals surface area contributed by atoms with Gasteiger partial charge in [-0.1, -0.05) is 128 Å².